The lowest BCUT2D eigenvalue weighted by molar-refractivity contribution is -0.139. The largest absolute Gasteiger partial charge is 0.481 e. The van der Waals surface area contributed by atoms with Crippen molar-refractivity contribution in [2.24, 2.45) is 0 Å². The number of hydrogen-bond acceptors (Lipinski definition) is 3. The molecule has 0 N–H and O–H groups in total. The van der Waals surface area contributed by atoms with Crippen molar-refractivity contribution >= 4 is 5.91 Å². The average Bonchev–Trinajstić information content (AvgIpc) is 2.40. The van der Waals surface area contributed by atoms with Crippen molar-refractivity contribution in [3.8, 4) is 5.75 Å². The average molecular weight is 248 g/mol. The van der Waals surface area contributed by atoms with Crippen molar-refractivity contribution in [3.63, 3.8) is 0 Å². The summed E-state index contributed by atoms with van der Waals surface area (Å²) in [6.45, 7) is 5.26. The third kappa shape index (κ3) is 3.23. The minimum atomic E-state index is -0.421. The van der Waals surface area contributed by atoms with Gasteiger partial charge >= 0.3 is 0 Å². The molecule has 1 aliphatic heterocycles. The second-order valence-corrected chi connectivity index (χ2v) is 4.70. The van der Waals surface area contributed by atoms with Crippen LogP contribution in [0.15, 0.2) is 30.3 Å². The number of hydrogen-bond donors (Lipinski definition) is 0. The maximum atomic E-state index is 12.2. The maximum Gasteiger partial charge on any atom is 0.263 e. The number of nitrogens with zero attached hydrogens (tertiary/aromatic N) is 2. The summed E-state index contributed by atoms with van der Waals surface area (Å²) in [7, 11) is 2.08. The van der Waals surface area contributed by atoms with Gasteiger partial charge in [0, 0.05) is 26.2 Å². The van der Waals surface area contributed by atoms with E-state index in [1.54, 1.807) is 0 Å². The van der Waals surface area contributed by atoms with E-state index in [0.29, 0.717) is 0 Å². The van der Waals surface area contributed by atoms with E-state index in [2.05, 4.69) is 11.9 Å². The summed E-state index contributed by atoms with van der Waals surface area (Å²) in [5.41, 5.74) is 0. The first-order valence-corrected chi connectivity index (χ1v) is 6.36. The molecule has 1 saturated heterocycles. The Kier molecular flexibility index (Phi) is 4.20. The molecular formula is C14H20N2O2. The summed E-state index contributed by atoms with van der Waals surface area (Å²) in [6, 6.07) is 9.48. The molecule has 2 rings (SSSR count). The molecule has 0 unspecified atom stereocenters. The fraction of sp³-hybridized carbons (Fsp3) is 0.500. The second kappa shape index (κ2) is 5.87. The lowest BCUT2D eigenvalue weighted by Gasteiger charge is -2.33. The highest BCUT2D eigenvalue weighted by Gasteiger charge is 2.24. The molecule has 98 valence electrons. The van der Waals surface area contributed by atoms with E-state index in [1.807, 2.05) is 42.2 Å². The number of carbonyl (C=O) groups is 1. The predicted octanol–water partition coefficient (Wildman–Crippen LogP) is 1.23. The van der Waals surface area contributed by atoms with Gasteiger partial charge in [-0.05, 0) is 26.1 Å². The van der Waals surface area contributed by atoms with Gasteiger partial charge in [0.15, 0.2) is 6.10 Å². The van der Waals surface area contributed by atoms with Crippen LogP contribution in [0.4, 0.5) is 0 Å². The first kappa shape index (κ1) is 12.9. The van der Waals surface area contributed by atoms with Crippen molar-refractivity contribution in [3.05, 3.63) is 30.3 Å². The molecule has 4 nitrogen and oxygen atoms in total. The first-order chi connectivity index (χ1) is 8.66. The quantitative estimate of drug-likeness (QED) is 0.806. The molecule has 1 amide bonds. The Bertz CT molecular complexity index is 386. The van der Waals surface area contributed by atoms with Crippen molar-refractivity contribution < 1.29 is 9.53 Å². The molecule has 1 aliphatic rings. The number of amides is 1. The number of carbonyl (C=O) groups excluding carboxylic acids is 1. The fourth-order valence-corrected chi connectivity index (χ4v) is 2.04. The predicted molar refractivity (Wildman–Crippen MR) is 70.6 cm³/mol. The molecule has 0 saturated carbocycles. The van der Waals surface area contributed by atoms with Crippen LogP contribution >= 0.6 is 0 Å². The van der Waals surface area contributed by atoms with E-state index in [-0.39, 0.29) is 5.91 Å². The molecular weight excluding hydrogens is 228 g/mol. The van der Waals surface area contributed by atoms with E-state index in [1.165, 1.54) is 0 Å². The normalized spacial score (nSPS) is 18.4. The van der Waals surface area contributed by atoms with Crippen LogP contribution in [0.5, 0.6) is 5.75 Å². The second-order valence-electron chi connectivity index (χ2n) is 4.70. The summed E-state index contributed by atoms with van der Waals surface area (Å²) in [4.78, 5) is 16.3. The van der Waals surface area contributed by atoms with E-state index in [9.17, 15) is 4.79 Å². The molecule has 0 bridgehead atoms. The lowest BCUT2D eigenvalue weighted by Crippen LogP contribution is -2.50. The van der Waals surface area contributed by atoms with Crippen LogP contribution in [0.3, 0.4) is 0 Å². The molecule has 1 aromatic rings. The Labute approximate surface area is 108 Å². The zero-order valence-corrected chi connectivity index (χ0v) is 11.0. The number of piperazine rings is 1. The van der Waals surface area contributed by atoms with Crippen LogP contribution in [-0.2, 0) is 4.79 Å². The number of ether oxygens (including phenoxy) is 1. The van der Waals surface area contributed by atoms with Crippen LogP contribution in [0.25, 0.3) is 0 Å². The van der Waals surface area contributed by atoms with Gasteiger partial charge in [-0.25, -0.2) is 0 Å². The molecule has 1 heterocycles. The number of rotatable bonds is 3. The highest BCUT2D eigenvalue weighted by Crippen LogP contribution is 2.12. The van der Waals surface area contributed by atoms with Crippen LogP contribution < -0.4 is 4.74 Å². The molecule has 0 aliphatic carbocycles. The van der Waals surface area contributed by atoms with Gasteiger partial charge in [0.2, 0.25) is 0 Å². The molecule has 1 aromatic carbocycles. The monoisotopic (exact) mass is 248 g/mol. The van der Waals surface area contributed by atoms with Crippen LogP contribution in [0.2, 0.25) is 0 Å². The van der Waals surface area contributed by atoms with Gasteiger partial charge in [-0.1, -0.05) is 18.2 Å². The van der Waals surface area contributed by atoms with Gasteiger partial charge in [-0.2, -0.15) is 0 Å². The van der Waals surface area contributed by atoms with Gasteiger partial charge in [-0.3, -0.25) is 4.79 Å². The van der Waals surface area contributed by atoms with Crippen LogP contribution in [0, 0.1) is 0 Å². The molecule has 4 heteroatoms. The van der Waals surface area contributed by atoms with Crippen molar-refractivity contribution in [2.75, 3.05) is 33.2 Å². The summed E-state index contributed by atoms with van der Waals surface area (Å²) < 4.78 is 5.65. The number of benzene rings is 1. The van der Waals surface area contributed by atoms with E-state index in [0.717, 1.165) is 31.9 Å². The Balaban J connectivity index is 1.89. The van der Waals surface area contributed by atoms with Gasteiger partial charge in [0.05, 0.1) is 0 Å². The minimum absolute atomic E-state index is 0.0759. The van der Waals surface area contributed by atoms with Crippen molar-refractivity contribution in [1.29, 1.82) is 0 Å². The minimum Gasteiger partial charge on any atom is -0.481 e. The van der Waals surface area contributed by atoms with Crippen LogP contribution in [-0.4, -0.2) is 55.0 Å². The first-order valence-electron chi connectivity index (χ1n) is 6.36. The van der Waals surface area contributed by atoms with Crippen molar-refractivity contribution in [1.82, 2.24) is 9.80 Å². The van der Waals surface area contributed by atoms with Gasteiger partial charge in [0.25, 0.3) is 5.91 Å². The molecule has 1 atom stereocenters. The third-order valence-corrected chi connectivity index (χ3v) is 3.22. The van der Waals surface area contributed by atoms with Gasteiger partial charge < -0.3 is 14.5 Å². The summed E-state index contributed by atoms with van der Waals surface area (Å²) >= 11 is 0. The summed E-state index contributed by atoms with van der Waals surface area (Å²) in [5, 5.41) is 0. The van der Waals surface area contributed by atoms with Crippen LogP contribution in [0.1, 0.15) is 6.92 Å². The Morgan fingerprint density at radius 2 is 1.78 bits per heavy atom. The maximum absolute atomic E-state index is 12.2. The van der Waals surface area contributed by atoms with E-state index in [4.69, 9.17) is 4.74 Å². The van der Waals surface area contributed by atoms with Gasteiger partial charge in [0.1, 0.15) is 5.75 Å². The SMILES string of the molecule is C[C@@H](Oc1ccccc1)C(=O)N1CCN(C)CC1. The fourth-order valence-electron chi connectivity index (χ4n) is 2.04. The van der Waals surface area contributed by atoms with E-state index >= 15 is 0 Å². The Morgan fingerprint density at radius 3 is 2.39 bits per heavy atom. The standard InChI is InChI=1S/C14H20N2O2/c1-12(18-13-6-4-3-5-7-13)14(17)16-10-8-15(2)9-11-16/h3-7,12H,8-11H2,1-2H3/t12-/m1/s1. The molecule has 18 heavy (non-hydrogen) atoms. The Morgan fingerprint density at radius 1 is 1.17 bits per heavy atom. The topological polar surface area (TPSA) is 32.8 Å². The number of para-hydroxylation sites is 1. The summed E-state index contributed by atoms with van der Waals surface area (Å²) in [5.74, 6) is 0.819. The number of likely N-dealkylation sites (N-methyl/N-ethyl adjacent to an activating group) is 1. The van der Waals surface area contributed by atoms with Crippen molar-refractivity contribution in [2.45, 2.75) is 13.0 Å². The van der Waals surface area contributed by atoms with E-state index < -0.39 is 6.10 Å². The van der Waals surface area contributed by atoms with Gasteiger partial charge in [-0.15, -0.1) is 0 Å². The smallest absolute Gasteiger partial charge is 0.263 e. The third-order valence-electron chi connectivity index (χ3n) is 3.22. The zero-order valence-electron chi connectivity index (χ0n) is 11.0. The lowest BCUT2D eigenvalue weighted by atomic mass is 10.2. The molecule has 1 fully saturated rings. The summed E-state index contributed by atoms with van der Waals surface area (Å²) in [6.07, 6.45) is -0.421. The zero-order chi connectivity index (χ0) is 13.0. The highest BCUT2D eigenvalue weighted by molar-refractivity contribution is 5.81. The Hall–Kier alpha value is -1.55. The molecule has 0 aromatic heterocycles. The molecule has 0 radical (unpaired) electrons. The molecule has 0 spiro atoms. The highest BCUT2D eigenvalue weighted by atomic mass is 16.5.